The maximum absolute atomic E-state index is 12.8. The van der Waals surface area contributed by atoms with Crippen LogP contribution in [0.1, 0.15) is 33.5 Å². The number of carbonyl (C=O) groups is 2. The lowest BCUT2D eigenvalue weighted by molar-refractivity contribution is -0.138. The summed E-state index contributed by atoms with van der Waals surface area (Å²) in [4.78, 5) is 29.0. The van der Waals surface area contributed by atoms with Crippen molar-refractivity contribution in [2.75, 3.05) is 39.8 Å². The highest BCUT2D eigenvalue weighted by atomic mass is 32.1. The number of aryl methyl sites for hydroxylation is 2. The molecule has 2 heterocycles. The van der Waals surface area contributed by atoms with Crippen molar-refractivity contribution in [3.05, 3.63) is 21.4 Å². The van der Waals surface area contributed by atoms with Gasteiger partial charge in [0.1, 0.15) is 0 Å². The van der Waals surface area contributed by atoms with E-state index in [2.05, 4.69) is 13.8 Å². The second-order valence-electron chi connectivity index (χ2n) is 6.28. The van der Waals surface area contributed by atoms with Gasteiger partial charge in [-0.2, -0.15) is 0 Å². The van der Waals surface area contributed by atoms with E-state index in [0.29, 0.717) is 26.2 Å². The second-order valence-corrected chi connectivity index (χ2v) is 7.53. The van der Waals surface area contributed by atoms with E-state index in [0.717, 1.165) is 17.7 Å². The van der Waals surface area contributed by atoms with Crippen molar-refractivity contribution in [2.24, 2.45) is 0 Å². The Balaban J connectivity index is 1.97. The van der Waals surface area contributed by atoms with Crippen molar-refractivity contribution in [1.82, 2.24) is 9.80 Å². The van der Waals surface area contributed by atoms with Gasteiger partial charge in [0.05, 0.1) is 24.1 Å². The first-order valence-electron chi connectivity index (χ1n) is 8.31. The van der Waals surface area contributed by atoms with Gasteiger partial charge in [-0.25, -0.2) is 0 Å². The minimum absolute atomic E-state index is 0.0295. The van der Waals surface area contributed by atoms with Crippen molar-refractivity contribution in [3.8, 4) is 0 Å². The van der Waals surface area contributed by atoms with Crippen LogP contribution in [0.3, 0.4) is 0 Å². The minimum atomic E-state index is -0.862. The van der Waals surface area contributed by atoms with Crippen LogP contribution in [0, 0.1) is 6.92 Å². The number of rotatable bonds is 7. The third kappa shape index (κ3) is 5.03. The summed E-state index contributed by atoms with van der Waals surface area (Å²) >= 11 is 1.56. The number of carbonyl (C=O) groups excluding carboxylic acids is 1. The topological polar surface area (TPSA) is 70.1 Å². The number of ether oxygens (including phenoxy) is 1. The largest absolute Gasteiger partial charge is 0.480 e. The SMILES string of the molecule is CCCc1cc(C(=O)N2CCOC(CN(C)CC(=O)O)C2)sc1C. The third-order valence-corrected chi connectivity index (χ3v) is 5.18. The van der Waals surface area contributed by atoms with Crippen LogP contribution in [-0.4, -0.2) is 72.7 Å². The number of morpholine rings is 1. The second kappa shape index (κ2) is 8.60. The molecule has 1 aliphatic heterocycles. The van der Waals surface area contributed by atoms with Gasteiger partial charge in [-0.05, 0) is 32.0 Å². The Kier molecular flexibility index (Phi) is 6.77. The van der Waals surface area contributed by atoms with E-state index < -0.39 is 5.97 Å². The van der Waals surface area contributed by atoms with Crippen LogP contribution in [0.2, 0.25) is 0 Å². The Hall–Kier alpha value is -1.44. The predicted molar refractivity (Wildman–Crippen MR) is 93.8 cm³/mol. The van der Waals surface area contributed by atoms with Gasteiger partial charge in [-0.3, -0.25) is 14.5 Å². The molecule has 1 aromatic heterocycles. The lowest BCUT2D eigenvalue weighted by Gasteiger charge is -2.34. The minimum Gasteiger partial charge on any atom is -0.480 e. The van der Waals surface area contributed by atoms with Crippen LogP contribution < -0.4 is 0 Å². The van der Waals surface area contributed by atoms with E-state index in [-0.39, 0.29) is 18.6 Å². The predicted octanol–water partition coefficient (Wildman–Crippen LogP) is 1.87. The van der Waals surface area contributed by atoms with Gasteiger partial charge in [0.25, 0.3) is 5.91 Å². The zero-order valence-electron chi connectivity index (χ0n) is 14.6. The van der Waals surface area contributed by atoms with E-state index >= 15 is 0 Å². The molecule has 24 heavy (non-hydrogen) atoms. The van der Waals surface area contributed by atoms with E-state index in [9.17, 15) is 9.59 Å². The molecular weight excluding hydrogens is 328 g/mol. The molecule has 134 valence electrons. The molecule has 1 N–H and O–H groups in total. The fourth-order valence-electron chi connectivity index (χ4n) is 2.96. The third-order valence-electron chi connectivity index (χ3n) is 4.10. The molecular formula is C17H26N2O4S. The highest BCUT2D eigenvalue weighted by Crippen LogP contribution is 2.25. The number of hydrogen-bond donors (Lipinski definition) is 1. The summed E-state index contributed by atoms with van der Waals surface area (Å²) in [5, 5.41) is 8.83. The zero-order chi connectivity index (χ0) is 17.7. The van der Waals surface area contributed by atoms with Gasteiger partial charge in [0.15, 0.2) is 0 Å². The molecule has 1 aliphatic rings. The molecule has 0 bridgehead atoms. The average molecular weight is 354 g/mol. The summed E-state index contributed by atoms with van der Waals surface area (Å²) in [7, 11) is 1.75. The molecule has 2 rings (SSSR count). The molecule has 1 fully saturated rings. The summed E-state index contributed by atoms with van der Waals surface area (Å²) in [6, 6.07) is 2.02. The molecule has 7 heteroatoms. The number of aliphatic carboxylic acids is 1. The number of nitrogens with zero attached hydrogens (tertiary/aromatic N) is 2. The van der Waals surface area contributed by atoms with E-state index in [1.54, 1.807) is 23.3 Å². The molecule has 6 nitrogen and oxygen atoms in total. The number of carboxylic acids is 1. The van der Waals surface area contributed by atoms with Gasteiger partial charge in [-0.15, -0.1) is 11.3 Å². The first-order chi connectivity index (χ1) is 11.4. The standard InChI is InChI=1S/C17H26N2O4S/c1-4-5-13-8-15(24-12(13)2)17(22)19-6-7-23-14(10-19)9-18(3)11-16(20)21/h8,14H,4-7,9-11H2,1-3H3,(H,20,21). The number of hydrogen-bond acceptors (Lipinski definition) is 5. The van der Waals surface area contributed by atoms with Crippen LogP contribution in [0.4, 0.5) is 0 Å². The molecule has 0 saturated carbocycles. The molecule has 0 aliphatic carbocycles. The van der Waals surface area contributed by atoms with Gasteiger partial charge in [0.2, 0.25) is 0 Å². The maximum atomic E-state index is 12.8. The van der Waals surface area contributed by atoms with Crippen molar-refractivity contribution in [1.29, 1.82) is 0 Å². The van der Waals surface area contributed by atoms with Gasteiger partial charge < -0.3 is 14.7 Å². The van der Waals surface area contributed by atoms with Crippen LogP contribution in [0.5, 0.6) is 0 Å². The van der Waals surface area contributed by atoms with Crippen molar-refractivity contribution >= 4 is 23.2 Å². The van der Waals surface area contributed by atoms with Gasteiger partial charge >= 0.3 is 5.97 Å². The molecule has 1 saturated heterocycles. The molecule has 1 amide bonds. The van der Waals surface area contributed by atoms with Crippen LogP contribution >= 0.6 is 11.3 Å². The number of amides is 1. The van der Waals surface area contributed by atoms with Crippen molar-refractivity contribution < 1.29 is 19.4 Å². The molecule has 0 radical (unpaired) electrons. The van der Waals surface area contributed by atoms with E-state index in [4.69, 9.17) is 9.84 Å². The summed E-state index contributed by atoms with van der Waals surface area (Å²) in [5.74, 6) is -0.807. The van der Waals surface area contributed by atoms with Crippen molar-refractivity contribution in [3.63, 3.8) is 0 Å². The number of thiophene rings is 1. The fraction of sp³-hybridized carbons (Fsp3) is 0.647. The lowest BCUT2D eigenvalue weighted by Crippen LogP contribution is -2.49. The Morgan fingerprint density at radius 3 is 2.92 bits per heavy atom. The Morgan fingerprint density at radius 1 is 1.50 bits per heavy atom. The van der Waals surface area contributed by atoms with Gasteiger partial charge in [0, 0.05) is 24.5 Å². The Labute approximate surface area is 147 Å². The van der Waals surface area contributed by atoms with E-state index in [1.165, 1.54) is 10.4 Å². The smallest absolute Gasteiger partial charge is 0.317 e. The lowest BCUT2D eigenvalue weighted by atomic mass is 10.1. The molecule has 1 unspecified atom stereocenters. The summed E-state index contributed by atoms with van der Waals surface area (Å²) in [6.07, 6.45) is 1.92. The number of carboxylic acid groups (broad SMARTS) is 1. The van der Waals surface area contributed by atoms with Crippen molar-refractivity contribution in [2.45, 2.75) is 32.8 Å². The molecule has 1 atom stereocenters. The normalized spacial score (nSPS) is 18.2. The Bertz CT molecular complexity index is 587. The average Bonchev–Trinajstić information content (AvgIpc) is 2.87. The highest BCUT2D eigenvalue weighted by Gasteiger charge is 2.27. The first-order valence-corrected chi connectivity index (χ1v) is 9.12. The summed E-state index contributed by atoms with van der Waals surface area (Å²) in [5.41, 5.74) is 1.26. The van der Waals surface area contributed by atoms with Crippen LogP contribution in [0.25, 0.3) is 0 Å². The van der Waals surface area contributed by atoms with Crippen LogP contribution in [0.15, 0.2) is 6.07 Å². The maximum Gasteiger partial charge on any atom is 0.317 e. The zero-order valence-corrected chi connectivity index (χ0v) is 15.4. The monoisotopic (exact) mass is 354 g/mol. The Morgan fingerprint density at radius 2 is 2.25 bits per heavy atom. The quantitative estimate of drug-likeness (QED) is 0.809. The fourth-order valence-corrected chi connectivity index (χ4v) is 4.00. The molecule has 1 aromatic rings. The highest BCUT2D eigenvalue weighted by molar-refractivity contribution is 7.14. The molecule has 0 aromatic carbocycles. The number of likely N-dealkylation sites (N-methyl/N-ethyl adjacent to an activating group) is 1. The molecule has 0 spiro atoms. The first kappa shape index (κ1) is 18.9. The van der Waals surface area contributed by atoms with Crippen LogP contribution in [-0.2, 0) is 16.0 Å². The summed E-state index contributed by atoms with van der Waals surface area (Å²) in [6.45, 7) is 6.25. The summed E-state index contributed by atoms with van der Waals surface area (Å²) < 4.78 is 5.69. The van der Waals surface area contributed by atoms with E-state index in [1.807, 2.05) is 11.0 Å². The van der Waals surface area contributed by atoms with Gasteiger partial charge in [-0.1, -0.05) is 13.3 Å².